The van der Waals surface area contributed by atoms with Crippen molar-refractivity contribution in [3.63, 3.8) is 0 Å². The third-order valence-electron chi connectivity index (χ3n) is 4.16. The maximum atomic E-state index is 12.3. The minimum atomic E-state index is -3.87. The van der Waals surface area contributed by atoms with Crippen molar-refractivity contribution in [1.82, 2.24) is 9.71 Å². The largest absolute Gasteiger partial charge is 0.478 e. The number of pyridine rings is 1. The van der Waals surface area contributed by atoms with Crippen LogP contribution in [0.15, 0.2) is 58.2 Å². The van der Waals surface area contributed by atoms with Crippen LogP contribution < -0.4 is 10.3 Å². The van der Waals surface area contributed by atoms with Crippen LogP contribution in [-0.2, 0) is 16.4 Å². The Bertz CT molecular complexity index is 1180. The molecule has 0 saturated carbocycles. The van der Waals surface area contributed by atoms with E-state index in [0.29, 0.717) is 5.56 Å². The molecule has 0 radical (unpaired) electrons. The molecule has 2 aromatic carbocycles. The summed E-state index contributed by atoms with van der Waals surface area (Å²) < 4.78 is 27.1. The van der Waals surface area contributed by atoms with Gasteiger partial charge in [0.25, 0.3) is 5.56 Å². The van der Waals surface area contributed by atoms with Crippen molar-refractivity contribution in [2.45, 2.75) is 18.2 Å². The lowest BCUT2D eigenvalue weighted by molar-refractivity contribution is 0.0696. The normalized spacial score (nSPS) is 11.6. The number of carboxylic acid groups (broad SMARTS) is 1. The number of fused-ring (bicyclic) bond motifs is 1. The summed E-state index contributed by atoms with van der Waals surface area (Å²) >= 11 is 0. The van der Waals surface area contributed by atoms with Crippen LogP contribution in [-0.4, -0.2) is 31.0 Å². The number of aromatic carboxylic acids is 1. The highest BCUT2D eigenvalue weighted by Gasteiger charge is 2.16. The van der Waals surface area contributed by atoms with Crippen molar-refractivity contribution in [2.24, 2.45) is 0 Å². The van der Waals surface area contributed by atoms with Gasteiger partial charge in [-0.05, 0) is 54.6 Å². The number of rotatable bonds is 6. The Morgan fingerprint density at radius 3 is 2.67 bits per heavy atom. The number of sulfonamides is 1. The van der Waals surface area contributed by atoms with Crippen molar-refractivity contribution in [1.29, 1.82) is 0 Å². The summed E-state index contributed by atoms with van der Waals surface area (Å²) in [6.07, 6.45) is 0.205. The van der Waals surface area contributed by atoms with Crippen LogP contribution in [0.4, 0.5) is 0 Å². The molecule has 0 amide bonds. The first-order chi connectivity index (χ1) is 12.8. The third-order valence-corrected chi connectivity index (χ3v) is 5.61. The highest BCUT2D eigenvalue weighted by atomic mass is 32.2. The van der Waals surface area contributed by atoms with Crippen LogP contribution in [0.1, 0.15) is 21.5 Å². The molecule has 0 aliphatic heterocycles. The van der Waals surface area contributed by atoms with Crippen LogP contribution >= 0.6 is 0 Å². The second-order valence-corrected chi connectivity index (χ2v) is 7.96. The van der Waals surface area contributed by atoms with E-state index >= 15 is 0 Å². The molecule has 0 saturated heterocycles. The number of H-pyrrole nitrogens is 1. The number of benzene rings is 2. The summed E-state index contributed by atoms with van der Waals surface area (Å²) in [6.45, 7) is 1.94. The minimum absolute atomic E-state index is 0.0140. The van der Waals surface area contributed by atoms with E-state index in [4.69, 9.17) is 5.11 Å². The third kappa shape index (κ3) is 4.24. The van der Waals surface area contributed by atoms with E-state index in [-0.39, 0.29) is 29.0 Å². The molecule has 1 aromatic heterocycles. The zero-order chi connectivity index (χ0) is 19.6. The van der Waals surface area contributed by atoms with Crippen molar-refractivity contribution < 1.29 is 18.3 Å². The molecule has 3 aromatic rings. The van der Waals surface area contributed by atoms with Gasteiger partial charge in [0.2, 0.25) is 10.0 Å². The number of carboxylic acids is 1. The first kappa shape index (κ1) is 18.8. The first-order valence-electron chi connectivity index (χ1n) is 8.22. The van der Waals surface area contributed by atoms with Gasteiger partial charge >= 0.3 is 5.97 Å². The van der Waals surface area contributed by atoms with E-state index in [1.165, 1.54) is 18.2 Å². The van der Waals surface area contributed by atoms with Crippen molar-refractivity contribution in [3.8, 4) is 0 Å². The topological polar surface area (TPSA) is 116 Å². The maximum Gasteiger partial charge on any atom is 0.335 e. The molecule has 0 spiro atoms. The van der Waals surface area contributed by atoms with Crippen molar-refractivity contribution >= 4 is 26.9 Å². The van der Waals surface area contributed by atoms with E-state index in [0.717, 1.165) is 22.5 Å². The van der Waals surface area contributed by atoms with Gasteiger partial charge in [0.05, 0.1) is 10.5 Å². The molecule has 0 atom stereocenters. The quantitative estimate of drug-likeness (QED) is 0.600. The molecule has 0 aliphatic carbocycles. The second kappa shape index (κ2) is 7.34. The number of carbonyl (C=O) groups is 1. The summed E-state index contributed by atoms with van der Waals surface area (Å²) in [7, 11) is -3.87. The summed E-state index contributed by atoms with van der Waals surface area (Å²) in [5.74, 6) is -1.20. The molecule has 7 nitrogen and oxygen atoms in total. The van der Waals surface area contributed by atoms with E-state index in [1.807, 2.05) is 25.1 Å². The Hall–Kier alpha value is -2.97. The Morgan fingerprint density at radius 2 is 1.93 bits per heavy atom. The number of nitrogens with one attached hydrogen (secondary N) is 2. The fraction of sp³-hybridized carbons (Fsp3) is 0.158. The average Bonchev–Trinajstić information content (AvgIpc) is 2.62. The summed E-state index contributed by atoms with van der Waals surface area (Å²) in [5, 5.41) is 9.85. The molecule has 8 heteroatoms. The number of aromatic amines is 1. The van der Waals surface area contributed by atoms with Gasteiger partial charge in [-0.2, -0.15) is 0 Å². The molecule has 140 valence electrons. The van der Waals surface area contributed by atoms with E-state index in [2.05, 4.69) is 9.71 Å². The number of aromatic nitrogens is 1. The molecular weight excluding hydrogens is 368 g/mol. The van der Waals surface area contributed by atoms with Crippen LogP contribution in [0.2, 0.25) is 0 Å². The molecule has 0 fully saturated rings. The van der Waals surface area contributed by atoms with Gasteiger partial charge in [-0.25, -0.2) is 17.9 Å². The predicted octanol–water partition coefficient (Wildman–Crippen LogP) is 2.06. The Morgan fingerprint density at radius 1 is 1.15 bits per heavy atom. The zero-order valence-electron chi connectivity index (χ0n) is 14.5. The van der Waals surface area contributed by atoms with Gasteiger partial charge in [-0.1, -0.05) is 18.2 Å². The molecule has 0 unspecified atom stereocenters. The molecule has 0 bridgehead atoms. The lowest BCUT2D eigenvalue weighted by atomic mass is 10.1. The summed E-state index contributed by atoms with van der Waals surface area (Å²) in [4.78, 5) is 25.8. The van der Waals surface area contributed by atoms with Crippen LogP contribution in [0.5, 0.6) is 0 Å². The molecule has 27 heavy (non-hydrogen) atoms. The van der Waals surface area contributed by atoms with Gasteiger partial charge in [0.1, 0.15) is 0 Å². The standard InChI is InChI=1S/C19H18N2O5S/c1-12-5-6-13-10-14(18(22)21-17(13)9-12)7-8-20-27(25,26)16-4-2-3-15(11-16)19(23)24/h2-6,9-11,20H,7-8H2,1H3,(H,21,22)(H,23,24). The molecular formula is C19H18N2O5S. The minimum Gasteiger partial charge on any atom is -0.478 e. The Kier molecular flexibility index (Phi) is 5.11. The molecule has 0 aliphatic rings. The predicted molar refractivity (Wildman–Crippen MR) is 102 cm³/mol. The van der Waals surface area contributed by atoms with Crippen LogP contribution in [0.3, 0.4) is 0 Å². The van der Waals surface area contributed by atoms with Gasteiger partial charge in [-0.3, -0.25) is 4.79 Å². The molecule has 1 heterocycles. The van der Waals surface area contributed by atoms with Gasteiger partial charge in [-0.15, -0.1) is 0 Å². The maximum absolute atomic E-state index is 12.3. The number of aryl methyl sites for hydroxylation is 1. The fourth-order valence-corrected chi connectivity index (χ4v) is 3.82. The fourth-order valence-electron chi connectivity index (χ4n) is 2.75. The van der Waals surface area contributed by atoms with Gasteiger partial charge in [0, 0.05) is 17.6 Å². The second-order valence-electron chi connectivity index (χ2n) is 6.20. The average molecular weight is 386 g/mol. The lowest BCUT2D eigenvalue weighted by Crippen LogP contribution is -2.27. The monoisotopic (exact) mass is 386 g/mol. The molecule has 3 N–H and O–H groups in total. The molecule has 3 rings (SSSR count). The highest BCUT2D eigenvalue weighted by molar-refractivity contribution is 7.89. The van der Waals surface area contributed by atoms with Crippen LogP contribution in [0, 0.1) is 6.92 Å². The summed E-state index contributed by atoms with van der Waals surface area (Å²) in [6, 6.07) is 12.5. The smallest absolute Gasteiger partial charge is 0.335 e. The van der Waals surface area contributed by atoms with Crippen molar-refractivity contribution in [2.75, 3.05) is 6.54 Å². The number of hydrogen-bond acceptors (Lipinski definition) is 4. The first-order valence-corrected chi connectivity index (χ1v) is 9.70. The van der Waals surface area contributed by atoms with Gasteiger partial charge < -0.3 is 10.1 Å². The SMILES string of the molecule is Cc1ccc2cc(CCNS(=O)(=O)c3cccc(C(=O)O)c3)c(=O)[nH]c2c1. The van der Waals surface area contributed by atoms with E-state index in [9.17, 15) is 18.0 Å². The Balaban J connectivity index is 1.76. The highest BCUT2D eigenvalue weighted by Crippen LogP contribution is 2.14. The van der Waals surface area contributed by atoms with Gasteiger partial charge in [0.15, 0.2) is 0 Å². The van der Waals surface area contributed by atoms with Crippen molar-refractivity contribution in [3.05, 3.63) is 75.6 Å². The van der Waals surface area contributed by atoms with E-state index in [1.54, 1.807) is 6.07 Å². The van der Waals surface area contributed by atoms with Crippen LogP contribution in [0.25, 0.3) is 10.9 Å². The summed E-state index contributed by atoms with van der Waals surface area (Å²) in [5.41, 5.74) is 1.85. The number of hydrogen-bond donors (Lipinski definition) is 3. The zero-order valence-corrected chi connectivity index (χ0v) is 15.3. The Labute approximate surface area is 155 Å². The lowest BCUT2D eigenvalue weighted by Gasteiger charge is -2.08. The van der Waals surface area contributed by atoms with E-state index < -0.39 is 16.0 Å².